The zero-order chi connectivity index (χ0) is 19.3. The van der Waals surface area contributed by atoms with Gasteiger partial charge in [0.25, 0.3) is 0 Å². The lowest BCUT2D eigenvalue weighted by molar-refractivity contribution is 0.127. The second-order valence-corrected chi connectivity index (χ2v) is 7.43. The van der Waals surface area contributed by atoms with E-state index in [1.165, 1.54) is 0 Å². The number of carbonyl (C=O) groups is 1. The fourth-order valence-electron chi connectivity index (χ4n) is 3.73. The van der Waals surface area contributed by atoms with E-state index in [1.807, 2.05) is 35.2 Å². The van der Waals surface area contributed by atoms with E-state index in [1.54, 1.807) is 18.7 Å². The number of benzene rings is 1. The number of nitrogens with zero attached hydrogens (tertiary/aromatic N) is 4. The fourth-order valence-corrected chi connectivity index (χ4v) is 3.73. The lowest BCUT2D eigenvalue weighted by atomic mass is 10.0. The van der Waals surface area contributed by atoms with Gasteiger partial charge in [-0.05, 0) is 68.4 Å². The molecule has 146 valence electrons. The van der Waals surface area contributed by atoms with Gasteiger partial charge >= 0.3 is 6.03 Å². The molecule has 7 nitrogen and oxygen atoms in total. The van der Waals surface area contributed by atoms with Gasteiger partial charge < -0.3 is 20.1 Å². The van der Waals surface area contributed by atoms with Crippen LogP contribution in [0.4, 0.5) is 4.79 Å². The van der Waals surface area contributed by atoms with Crippen LogP contribution in [-0.2, 0) is 13.1 Å². The third-order valence-corrected chi connectivity index (χ3v) is 5.42. The maximum atomic E-state index is 13.1. The number of rotatable bonds is 5. The van der Waals surface area contributed by atoms with E-state index in [-0.39, 0.29) is 12.1 Å². The Morgan fingerprint density at radius 3 is 2.79 bits per heavy atom. The van der Waals surface area contributed by atoms with Gasteiger partial charge in [-0.25, -0.2) is 9.78 Å². The molecule has 1 fully saturated rings. The number of pyridine rings is 1. The Hall–Kier alpha value is -2.93. The van der Waals surface area contributed by atoms with Crippen LogP contribution in [0.3, 0.4) is 0 Å². The van der Waals surface area contributed by atoms with Crippen LogP contribution >= 0.6 is 0 Å². The van der Waals surface area contributed by atoms with Crippen molar-refractivity contribution >= 4 is 17.1 Å². The van der Waals surface area contributed by atoms with Gasteiger partial charge in [0.2, 0.25) is 0 Å². The highest BCUT2D eigenvalue weighted by Crippen LogP contribution is 2.19. The number of likely N-dealkylation sites (tertiary alicyclic amines) is 1. The normalized spacial score (nSPS) is 15.6. The number of H-pyrrole nitrogens is 1. The first kappa shape index (κ1) is 18.4. The van der Waals surface area contributed by atoms with Crippen molar-refractivity contribution < 1.29 is 4.79 Å². The summed E-state index contributed by atoms with van der Waals surface area (Å²) in [5.41, 5.74) is 4.07. The molecule has 0 radical (unpaired) electrons. The van der Waals surface area contributed by atoms with E-state index < -0.39 is 0 Å². The fraction of sp³-hybridized carbons (Fsp3) is 0.381. The number of urea groups is 1. The third kappa shape index (κ3) is 4.31. The summed E-state index contributed by atoms with van der Waals surface area (Å²) in [6.45, 7) is 3.12. The molecule has 28 heavy (non-hydrogen) atoms. The van der Waals surface area contributed by atoms with Crippen LogP contribution < -0.4 is 5.32 Å². The quantitative estimate of drug-likeness (QED) is 0.716. The molecule has 0 aliphatic carbocycles. The van der Waals surface area contributed by atoms with Gasteiger partial charge in [-0.2, -0.15) is 0 Å². The predicted octanol–water partition coefficient (Wildman–Crippen LogP) is 2.76. The average Bonchev–Trinajstić information content (AvgIpc) is 3.20. The molecule has 0 saturated carbocycles. The standard InChI is InChI=1S/C21H26N6O/c1-26-10-6-18(7-11-26)27(14-16-4-8-22-9-5-16)21(28)23-13-17-2-3-19-20(12-17)25-15-24-19/h2-5,8-9,12,15,18H,6-7,10-11,13-14H2,1H3,(H,23,28)(H,24,25). The van der Waals surface area contributed by atoms with Crippen LogP contribution in [0.2, 0.25) is 0 Å². The first-order chi connectivity index (χ1) is 13.7. The van der Waals surface area contributed by atoms with Gasteiger partial charge in [0.15, 0.2) is 0 Å². The Kier molecular flexibility index (Phi) is 5.53. The summed E-state index contributed by atoms with van der Waals surface area (Å²) in [6.07, 6.45) is 7.23. The minimum atomic E-state index is -0.0175. The maximum absolute atomic E-state index is 13.1. The van der Waals surface area contributed by atoms with E-state index in [2.05, 4.69) is 32.2 Å². The minimum Gasteiger partial charge on any atom is -0.345 e. The number of aromatic amines is 1. The SMILES string of the molecule is CN1CCC(N(Cc2ccncc2)C(=O)NCc2ccc3nc[nH]c3c2)CC1. The Bertz CT molecular complexity index is 917. The maximum Gasteiger partial charge on any atom is 0.318 e. The summed E-state index contributed by atoms with van der Waals surface area (Å²) >= 11 is 0. The molecule has 1 saturated heterocycles. The van der Waals surface area contributed by atoms with Crippen LogP contribution in [0.5, 0.6) is 0 Å². The van der Waals surface area contributed by atoms with Crippen molar-refractivity contribution in [2.24, 2.45) is 0 Å². The number of fused-ring (bicyclic) bond motifs is 1. The van der Waals surface area contributed by atoms with Gasteiger partial charge in [-0.1, -0.05) is 6.07 Å². The molecule has 2 amide bonds. The van der Waals surface area contributed by atoms with Crippen molar-refractivity contribution in [2.45, 2.75) is 32.0 Å². The number of hydrogen-bond donors (Lipinski definition) is 2. The molecule has 2 N–H and O–H groups in total. The van der Waals surface area contributed by atoms with Crippen molar-refractivity contribution in [1.29, 1.82) is 0 Å². The third-order valence-electron chi connectivity index (χ3n) is 5.42. The molecule has 7 heteroatoms. The molecule has 0 spiro atoms. The largest absolute Gasteiger partial charge is 0.345 e. The van der Waals surface area contributed by atoms with Crippen molar-refractivity contribution in [2.75, 3.05) is 20.1 Å². The van der Waals surface area contributed by atoms with Crippen LogP contribution in [0.1, 0.15) is 24.0 Å². The van der Waals surface area contributed by atoms with Crippen molar-refractivity contribution in [3.63, 3.8) is 0 Å². The average molecular weight is 378 g/mol. The van der Waals surface area contributed by atoms with Crippen molar-refractivity contribution in [1.82, 2.24) is 30.1 Å². The van der Waals surface area contributed by atoms with Crippen molar-refractivity contribution in [3.8, 4) is 0 Å². The smallest absolute Gasteiger partial charge is 0.318 e. The number of aromatic nitrogens is 3. The molecular formula is C21H26N6O. The van der Waals surface area contributed by atoms with Crippen molar-refractivity contribution in [3.05, 3.63) is 60.2 Å². The predicted molar refractivity (Wildman–Crippen MR) is 109 cm³/mol. The summed E-state index contributed by atoms with van der Waals surface area (Å²) < 4.78 is 0. The van der Waals surface area contributed by atoms with Crippen LogP contribution in [-0.4, -0.2) is 57.0 Å². The molecule has 3 heterocycles. The van der Waals surface area contributed by atoms with E-state index in [4.69, 9.17) is 0 Å². The Morgan fingerprint density at radius 1 is 1.21 bits per heavy atom. The summed E-state index contributed by atoms with van der Waals surface area (Å²) in [6, 6.07) is 10.2. The Labute approximate surface area is 164 Å². The van der Waals surface area contributed by atoms with E-state index in [0.717, 1.165) is 48.1 Å². The molecule has 0 unspecified atom stereocenters. The highest BCUT2D eigenvalue weighted by Gasteiger charge is 2.27. The van der Waals surface area contributed by atoms with Gasteiger partial charge in [0, 0.05) is 31.5 Å². The summed E-state index contributed by atoms with van der Waals surface area (Å²) in [7, 11) is 2.13. The lowest BCUT2D eigenvalue weighted by Crippen LogP contribution is -2.49. The zero-order valence-electron chi connectivity index (χ0n) is 16.1. The Morgan fingerprint density at radius 2 is 2.00 bits per heavy atom. The number of imidazole rings is 1. The number of carbonyl (C=O) groups excluding carboxylic acids is 1. The first-order valence-electron chi connectivity index (χ1n) is 9.73. The van der Waals surface area contributed by atoms with Crippen LogP contribution in [0.15, 0.2) is 49.1 Å². The molecule has 1 aliphatic rings. The monoisotopic (exact) mass is 378 g/mol. The van der Waals surface area contributed by atoms with Crippen LogP contribution in [0.25, 0.3) is 11.0 Å². The topological polar surface area (TPSA) is 77.2 Å². The summed E-state index contributed by atoms with van der Waals surface area (Å²) in [5, 5.41) is 3.11. The van der Waals surface area contributed by atoms with Gasteiger partial charge in [0.1, 0.15) is 0 Å². The molecule has 0 bridgehead atoms. The molecule has 1 aliphatic heterocycles. The first-order valence-corrected chi connectivity index (χ1v) is 9.73. The Balaban J connectivity index is 1.45. The second kappa shape index (κ2) is 8.39. The van der Waals surface area contributed by atoms with E-state index in [0.29, 0.717) is 13.1 Å². The van der Waals surface area contributed by atoms with Gasteiger partial charge in [-0.3, -0.25) is 4.98 Å². The molecule has 1 aromatic carbocycles. The molecule has 2 aromatic heterocycles. The second-order valence-electron chi connectivity index (χ2n) is 7.43. The molecule has 0 atom stereocenters. The van der Waals surface area contributed by atoms with Gasteiger partial charge in [-0.15, -0.1) is 0 Å². The number of amides is 2. The lowest BCUT2D eigenvalue weighted by Gasteiger charge is -2.37. The minimum absolute atomic E-state index is 0.0175. The van der Waals surface area contributed by atoms with E-state index >= 15 is 0 Å². The molecule has 4 rings (SSSR count). The number of piperidine rings is 1. The van der Waals surface area contributed by atoms with E-state index in [9.17, 15) is 4.79 Å². The number of hydrogen-bond acceptors (Lipinski definition) is 4. The van der Waals surface area contributed by atoms with Gasteiger partial charge in [0.05, 0.1) is 17.4 Å². The zero-order valence-corrected chi connectivity index (χ0v) is 16.1. The summed E-state index contributed by atoms with van der Waals surface area (Å²) in [5.74, 6) is 0. The number of nitrogens with one attached hydrogen (secondary N) is 2. The van der Waals surface area contributed by atoms with Crippen LogP contribution in [0, 0.1) is 0 Å². The molecular weight excluding hydrogens is 352 g/mol. The highest BCUT2D eigenvalue weighted by atomic mass is 16.2. The molecule has 3 aromatic rings. The highest BCUT2D eigenvalue weighted by molar-refractivity contribution is 5.76. The summed E-state index contributed by atoms with van der Waals surface area (Å²) in [4.78, 5) is 28.8.